The molecule has 1 heterocycles. The molecule has 1 saturated carbocycles. The summed E-state index contributed by atoms with van der Waals surface area (Å²) in [6.07, 6.45) is 2.09. The van der Waals surface area contributed by atoms with Crippen LogP contribution in [0.2, 0.25) is 0 Å². The van der Waals surface area contributed by atoms with Crippen molar-refractivity contribution < 1.29 is 23.0 Å². The van der Waals surface area contributed by atoms with Crippen LogP contribution in [0.15, 0.2) is 24.3 Å². The van der Waals surface area contributed by atoms with E-state index in [1.165, 1.54) is 30.7 Å². The fourth-order valence-corrected chi connectivity index (χ4v) is 1.59. The van der Waals surface area contributed by atoms with Crippen molar-refractivity contribution in [2.45, 2.75) is 19.1 Å². The van der Waals surface area contributed by atoms with E-state index in [4.69, 9.17) is 10.5 Å². The van der Waals surface area contributed by atoms with E-state index in [0.717, 1.165) is 18.6 Å². The minimum Gasteiger partial charge on any atom is -0.434 e. The van der Waals surface area contributed by atoms with Gasteiger partial charge in [-0.1, -0.05) is 12.1 Å². The van der Waals surface area contributed by atoms with E-state index in [1.807, 2.05) is 0 Å². The van der Waals surface area contributed by atoms with Crippen LogP contribution in [0, 0.1) is 5.92 Å². The second-order valence-corrected chi connectivity index (χ2v) is 4.11. The van der Waals surface area contributed by atoms with Crippen molar-refractivity contribution in [1.82, 2.24) is 0 Å². The molecule has 1 amide bonds. The lowest BCUT2D eigenvalue weighted by molar-refractivity contribution is -0.0501. The number of ether oxygens (including phenoxy) is 2. The Balaban J connectivity index is 0.000000194. The second kappa shape index (κ2) is 5.30. The number of carbonyl (C=O) groups excluding carboxylic acids is 1. The highest BCUT2D eigenvalue weighted by molar-refractivity contribution is 5.95. The zero-order chi connectivity index (χ0) is 13.1. The molecule has 2 atom stereocenters. The molecule has 3 rings (SSSR count). The lowest BCUT2D eigenvalue weighted by Gasteiger charge is -2.08. The molecule has 1 aromatic carbocycles. The molecule has 98 valence electrons. The number of hydrogen-bond donors (Lipinski definition) is 1. The molecule has 6 heteroatoms. The van der Waals surface area contributed by atoms with Crippen LogP contribution < -0.4 is 10.5 Å². The van der Waals surface area contributed by atoms with E-state index in [-0.39, 0.29) is 11.3 Å². The highest BCUT2D eigenvalue weighted by atomic mass is 19.3. The molecule has 0 spiro atoms. The molecule has 2 aliphatic rings. The summed E-state index contributed by atoms with van der Waals surface area (Å²) in [4.78, 5) is 10.7. The van der Waals surface area contributed by atoms with Crippen molar-refractivity contribution in [2.75, 3.05) is 6.61 Å². The van der Waals surface area contributed by atoms with Gasteiger partial charge in [0.15, 0.2) is 0 Å². The predicted octanol–water partition coefficient (Wildman–Crippen LogP) is 1.79. The summed E-state index contributed by atoms with van der Waals surface area (Å²) >= 11 is 0. The maximum atomic E-state index is 11.8. The molecule has 4 nitrogen and oxygen atoms in total. The highest BCUT2D eigenvalue weighted by Crippen LogP contribution is 2.42. The maximum Gasteiger partial charge on any atom is 0.387 e. The number of amides is 1. The molecule has 2 N–H and O–H groups in total. The molecular weight excluding hydrogens is 244 g/mol. The minimum atomic E-state index is -2.96. The van der Waals surface area contributed by atoms with Gasteiger partial charge in [-0.15, -0.1) is 0 Å². The van der Waals surface area contributed by atoms with Crippen molar-refractivity contribution >= 4 is 5.91 Å². The van der Waals surface area contributed by atoms with E-state index in [9.17, 15) is 13.6 Å². The Hall–Kier alpha value is -1.69. The third kappa shape index (κ3) is 3.16. The Labute approximate surface area is 103 Å². The number of benzene rings is 1. The highest BCUT2D eigenvalue weighted by Gasteiger charge is 2.46. The van der Waals surface area contributed by atoms with Crippen molar-refractivity contribution in [3.63, 3.8) is 0 Å². The van der Waals surface area contributed by atoms with Crippen molar-refractivity contribution in [3.05, 3.63) is 29.8 Å². The first kappa shape index (κ1) is 12.8. The van der Waals surface area contributed by atoms with E-state index in [0.29, 0.717) is 0 Å². The fourth-order valence-electron chi connectivity index (χ4n) is 1.59. The first-order valence-corrected chi connectivity index (χ1v) is 5.53. The van der Waals surface area contributed by atoms with Gasteiger partial charge in [-0.2, -0.15) is 8.78 Å². The van der Waals surface area contributed by atoms with Crippen LogP contribution in [0.25, 0.3) is 0 Å². The van der Waals surface area contributed by atoms with Gasteiger partial charge >= 0.3 is 6.61 Å². The number of alkyl halides is 2. The summed E-state index contributed by atoms with van der Waals surface area (Å²) in [5.41, 5.74) is 4.87. The molecule has 18 heavy (non-hydrogen) atoms. The smallest absolute Gasteiger partial charge is 0.387 e. The Kier molecular flexibility index (Phi) is 3.76. The van der Waals surface area contributed by atoms with Crippen molar-refractivity contribution in [1.29, 1.82) is 0 Å². The Morgan fingerprint density at radius 2 is 2.11 bits per heavy atom. The average molecular weight is 257 g/mol. The molecule has 1 aliphatic heterocycles. The van der Waals surface area contributed by atoms with E-state index >= 15 is 0 Å². The molecular formula is C12H13F2NO3. The summed E-state index contributed by atoms with van der Waals surface area (Å²) < 4.78 is 32.7. The van der Waals surface area contributed by atoms with Gasteiger partial charge in [0.2, 0.25) is 0 Å². The molecule has 0 aromatic heterocycles. The lowest BCUT2D eigenvalue weighted by Crippen LogP contribution is -2.14. The number of nitrogens with two attached hydrogens (primary N) is 1. The van der Waals surface area contributed by atoms with Crippen molar-refractivity contribution in [3.8, 4) is 5.75 Å². The third-order valence-electron chi connectivity index (χ3n) is 2.75. The zero-order valence-electron chi connectivity index (χ0n) is 9.51. The van der Waals surface area contributed by atoms with Crippen LogP contribution in [0.5, 0.6) is 5.75 Å². The summed E-state index contributed by atoms with van der Waals surface area (Å²) in [6, 6.07) is 5.56. The molecule has 1 aliphatic carbocycles. The largest absolute Gasteiger partial charge is 0.434 e. The van der Waals surface area contributed by atoms with Gasteiger partial charge in [0.05, 0.1) is 18.3 Å². The van der Waals surface area contributed by atoms with Crippen molar-refractivity contribution in [2.24, 2.45) is 11.7 Å². The topological polar surface area (TPSA) is 61.5 Å². The number of carbonyl (C=O) groups is 1. The Bertz CT molecular complexity index is 427. The Morgan fingerprint density at radius 3 is 2.50 bits per heavy atom. The lowest BCUT2D eigenvalue weighted by atomic mass is 10.2. The third-order valence-corrected chi connectivity index (χ3v) is 2.75. The van der Waals surface area contributed by atoms with Gasteiger partial charge < -0.3 is 15.2 Å². The average Bonchev–Trinajstić information content (AvgIpc) is 2.86. The molecule has 1 aromatic rings. The quantitative estimate of drug-likeness (QED) is 0.898. The van der Waals surface area contributed by atoms with Gasteiger partial charge in [0, 0.05) is 5.92 Å². The van der Waals surface area contributed by atoms with Gasteiger partial charge in [0.25, 0.3) is 5.91 Å². The number of rotatable bonds is 3. The normalized spacial score (nSPS) is 23.3. The zero-order valence-corrected chi connectivity index (χ0v) is 9.51. The monoisotopic (exact) mass is 257 g/mol. The van der Waals surface area contributed by atoms with Gasteiger partial charge in [-0.25, -0.2) is 0 Å². The van der Waals surface area contributed by atoms with Crippen LogP contribution in [-0.2, 0) is 4.74 Å². The maximum absolute atomic E-state index is 11.8. The van der Waals surface area contributed by atoms with E-state index in [2.05, 4.69) is 4.74 Å². The van der Waals surface area contributed by atoms with E-state index in [1.54, 1.807) is 0 Å². The minimum absolute atomic E-state index is 0.0530. The predicted molar refractivity (Wildman–Crippen MR) is 59.4 cm³/mol. The van der Waals surface area contributed by atoms with Crippen LogP contribution in [-0.4, -0.2) is 25.2 Å². The molecule has 0 bridgehead atoms. The van der Waals surface area contributed by atoms with Crippen LogP contribution in [0.3, 0.4) is 0 Å². The fraction of sp³-hybridized carbons (Fsp3) is 0.417. The molecule has 0 radical (unpaired) electrons. The first-order valence-electron chi connectivity index (χ1n) is 5.53. The van der Waals surface area contributed by atoms with Crippen LogP contribution >= 0.6 is 0 Å². The summed E-state index contributed by atoms with van der Waals surface area (Å²) in [5.74, 6) is 0.0104. The number of fused-ring (bicyclic) bond motifs is 1. The summed E-state index contributed by atoms with van der Waals surface area (Å²) in [7, 11) is 0. The Morgan fingerprint density at radius 1 is 1.44 bits per heavy atom. The SMILES string of the molecule is C1OC2CC12.NC(=O)c1ccccc1OC(F)F. The van der Waals surface area contributed by atoms with Gasteiger partial charge in [-0.05, 0) is 18.6 Å². The number of primary amides is 1. The van der Waals surface area contributed by atoms with Gasteiger partial charge in [0.1, 0.15) is 5.75 Å². The standard InChI is InChI=1S/C8H7F2NO2.C4H6O/c9-8(10)13-6-4-2-1-3-5(6)7(11)12;1-3-2-5-4(1)3/h1-4,8H,(H2,11,12);3-4H,1-2H2. The van der Waals surface area contributed by atoms with Gasteiger partial charge in [-0.3, -0.25) is 4.79 Å². The first-order chi connectivity index (χ1) is 8.58. The number of para-hydroxylation sites is 1. The van der Waals surface area contributed by atoms with Crippen LogP contribution in [0.4, 0.5) is 8.78 Å². The van der Waals surface area contributed by atoms with E-state index < -0.39 is 12.5 Å². The molecule has 1 saturated heterocycles. The van der Waals surface area contributed by atoms with Crippen LogP contribution in [0.1, 0.15) is 16.8 Å². The summed E-state index contributed by atoms with van der Waals surface area (Å²) in [6.45, 7) is -1.90. The summed E-state index contributed by atoms with van der Waals surface area (Å²) in [5, 5.41) is 0. The number of halogens is 2. The second-order valence-electron chi connectivity index (χ2n) is 4.11. The molecule has 2 fully saturated rings. The number of hydrogen-bond acceptors (Lipinski definition) is 3. The molecule has 2 unspecified atom stereocenters.